The Morgan fingerprint density at radius 2 is 1.65 bits per heavy atom. The standard InChI is InChI=1S/C14H22N2O4/c1-13(2,3)10-9(11(17)18)16(12(19)20,8-7-15-10)14(4,5)6/h7H,8H2,1-6H3,(H-,17,18,19,20)/p+1. The summed E-state index contributed by atoms with van der Waals surface area (Å²) in [4.78, 5) is 27.9. The molecule has 0 aromatic heterocycles. The summed E-state index contributed by atoms with van der Waals surface area (Å²) in [5, 5.41) is 19.3. The Bertz CT molecular complexity index is 506. The van der Waals surface area contributed by atoms with Crippen molar-refractivity contribution < 1.29 is 24.3 Å². The first-order valence-corrected chi connectivity index (χ1v) is 6.48. The van der Waals surface area contributed by atoms with E-state index in [0.717, 1.165) is 0 Å². The summed E-state index contributed by atoms with van der Waals surface area (Å²) >= 11 is 0. The van der Waals surface area contributed by atoms with Gasteiger partial charge in [-0.05, 0) is 20.8 Å². The number of hydrogen-bond donors (Lipinski definition) is 2. The van der Waals surface area contributed by atoms with Crippen LogP contribution >= 0.6 is 0 Å². The molecule has 6 heteroatoms. The zero-order valence-corrected chi connectivity index (χ0v) is 12.9. The van der Waals surface area contributed by atoms with Crippen molar-refractivity contribution >= 4 is 18.3 Å². The molecular weight excluding hydrogens is 260 g/mol. The normalized spacial score (nSPS) is 23.9. The summed E-state index contributed by atoms with van der Waals surface area (Å²) in [5.74, 6) is -1.23. The summed E-state index contributed by atoms with van der Waals surface area (Å²) in [5.41, 5.74) is -1.19. The van der Waals surface area contributed by atoms with E-state index in [-0.39, 0.29) is 12.2 Å². The molecule has 1 aliphatic rings. The number of allylic oxidation sites excluding steroid dienone is 1. The minimum Gasteiger partial charge on any atom is -0.474 e. The van der Waals surface area contributed by atoms with E-state index in [1.54, 1.807) is 20.8 Å². The van der Waals surface area contributed by atoms with Gasteiger partial charge in [-0.25, -0.2) is 4.79 Å². The zero-order valence-electron chi connectivity index (χ0n) is 12.9. The number of carboxylic acids is 1. The van der Waals surface area contributed by atoms with Crippen LogP contribution in [0.3, 0.4) is 0 Å². The van der Waals surface area contributed by atoms with Gasteiger partial charge in [0.15, 0.2) is 0 Å². The van der Waals surface area contributed by atoms with Gasteiger partial charge in [-0.3, -0.25) is 4.99 Å². The van der Waals surface area contributed by atoms with Crippen molar-refractivity contribution in [3.05, 3.63) is 11.4 Å². The number of amides is 1. The third-order valence-corrected chi connectivity index (χ3v) is 3.57. The number of quaternary nitrogens is 1. The molecule has 0 spiro atoms. The number of nitrogens with zero attached hydrogens (tertiary/aromatic N) is 2. The smallest absolute Gasteiger partial charge is 0.474 e. The number of aliphatic carboxylic acids is 1. The first-order chi connectivity index (χ1) is 8.85. The van der Waals surface area contributed by atoms with Crippen LogP contribution in [-0.4, -0.2) is 45.1 Å². The summed E-state index contributed by atoms with van der Waals surface area (Å²) in [6, 6.07) is 0. The maximum absolute atomic E-state index is 11.9. The fourth-order valence-corrected chi connectivity index (χ4v) is 2.47. The molecule has 0 aliphatic carbocycles. The Hall–Kier alpha value is -1.69. The highest BCUT2D eigenvalue weighted by Crippen LogP contribution is 2.40. The highest BCUT2D eigenvalue weighted by molar-refractivity contribution is 5.89. The molecule has 0 fully saturated rings. The lowest BCUT2D eigenvalue weighted by Gasteiger charge is -2.44. The van der Waals surface area contributed by atoms with E-state index >= 15 is 0 Å². The molecule has 0 saturated heterocycles. The van der Waals surface area contributed by atoms with E-state index in [0.29, 0.717) is 5.70 Å². The number of hydrogen-bond acceptors (Lipinski definition) is 3. The predicted octanol–water partition coefficient (Wildman–Crippen LogP) is 2.71. The molecule has 1 heterocycles. The van der Waals surface area contributed by atoms with Crippen LogP contribution in [0.25, 0.3) is 0 Å². The fraction of sp³-hybridized carbons (Fsp3) is 0.643. The molecule has 2 N–H and O–H groups in total. The second-order valence-electron chi connectivity index (χ2n) is 7.01. The van der Waals surface area contributed by atoms with Crippen molar-refractivity contribution in [1.82, 2.24) is 0 Å². The van der Waals surface area contributed by atoms with Crippen molar-refractivity contribution in [1.29, 1.82) is 0 Å². The van der Waals surface area contributed by atoms with Gasteiger partial charge in [0.05, 0.1) is 6.21 Å². The average Bonchev–Trinajstić information content (AvgIpc) is 2.24. The molecule has 0 aromatic carbocycles. The van der Waals surface area contributed by atoms with Gasteiger partial charge in [0.2, 0.25) is 0 Å². The quantitative estimate of drug-likeness (QED) is 0.724. The Balaban J connectivity index is 3.79. The lowest BCUT2D eigenvalue weighted by atomic mass is 9.87. The highest BCUT2D eigenvalue weighted by Gasteiger charge is 2.57. The lowest BCUT2D eigenvalue weighted by Crippen LogP contribution is -2.65. The largest absolute Gasteiger partial charge is 0.519 e. The molecule has 1 atom stereocenters. The average molecular weight is 283 g/mol. The molecule has 1 rings (SSSR count). The Morgan fingerprint density at radius 1 is 1.15 bits per heavy atom. The molecule has 112 valence electrons. The molecule has 0 bridgehead atoms. The van der Waals surface area contributed by atoms with E-state index < -0.39 is 27.5 Å². The van der Waals surface area contributed by atoms with Gasteiger partial charge >= 0.3 is 12.1 Å². The molecule has 1 unspecified atom stereocenters. The molecule has 0 saturated carbocycles. The van der Waals surface area contributed by atoms with Gasteiger partial charge in [-0.15, -0.1) is 0 Å². The van der Waals surface area contributed by atoms with Crippen LogP contribution in [-0.2, 0) is 4.79 Å². The number of aliphatic imine (C=N–C) groups is 1. The van der Waals surface area contributed by atoms with Crippen LogP contribution in [0.2, 0.25) is 0 Å². The van der Waals surface area contributed by atoms with Crippen molar-refractivity contribution in [3.63, 3.8) is 0 Å². The maximum Gasteiger partial charge on any atom is 0.519 e. The first kappa shape index (κ1) is 16.4. The molecule has 20 heavy (non-hydrogen) atoms. The van der Waals surface area contributed by atoms with Gasteiger partial charge in [0, 0.05) is 5.41 Å². The minimum atomic E-state index is -1.23. The van der Waals surface area contributed by atoms with E-state index in [2.05, 4.69) is 4.99 Å². The Kier molecular flexibility index (Phi) is 3.84. The van der Waals surface area contributed by atoms with Gasteiger partial charge in [-0.1, -0.05) is 20.8 Å². The van der Waals surface area contributed by atoms with Gasteiger partial charge < -0.3 is 10.2 Å². The van der Waals surface area contributed by atoms with E-state index in [4.69, 9.17) is 0 Å². The summed E-state index contributed by atoms with van der Waals surface area (Å²) in [7, 11) is 0. The molecule has 1 amide bonds. The van der Waals surface area contributed by atoms with Crippen LogP contribution in [0.1, 0.15) is 41.5 Å². The van der Waals surface area contributed by atoms with Gasteiger partial charge in [0.25, 0.3) is 5.70 Å². The van der Waals surface area contributed by atoms with Crippen molar-refractivity contribution in [2.45, 2.75) is 47.1 Å². The molecule has 1 aliphatic heterocycles. The molecule has 0 radical (unpaired) electrons. The van der Waals surface area contributed by atoms with Crippen LogP contribution < -0.4 is 0 Å². The third kappa shape index (κ3) is 2.35. The summed E-state index contributed by atoms with van der Waals surface area (Å²) < 4.78 is -0.654. The summed E-state index contributed by atoms with van der Waals surface area (Å²) in [6.45, 7) is 10.7. The number of carboxylic acid groups (broad SMARTS) is 2. The number of rotatable bonds is 1. The molecule has 0 aromatic rings. The molecule has 6 nitrogen and oxygen atoms in total. The van der Waals surface area contributed by atoms with Crippen molar-refractivity contribution in [2.75, 3.05) is 6.54 Å². The third-order valence-electron chi connectivity index (χ3n) is 3.57. The second kappa shape index (κ2) is 4.70. The van der Waals surface area contributed by atoms with Gasteiger partial charge in [0.1, 0.15) is 17.8 Å². The molecular formula is C14H23N2O4+. The minimum absolute atomic E-state index is 0.0278. The first-order valence-electron chi connectivity index (χ1n) is 6.48. The van der Waals surface area contributed by atoms with Crippen LogP contribution in [0.4, 0.5) is 4.79 Å². The Morgan fingerprint density at radius 3 is 1.95 bits per heavy atom. The SMILES string of the molecule is CC(C)(C)C1=C(C(=O)O)[N+](C(=O)O)(C(C)(C)C)CC=N1. The van der Waals surface area contributed by atoms with Crippen molar-refractivity contribution in [2.24, 2.45) is 10.4 Å². The van der Waals surface area contributed by atoms with E-state index in [1.165, 1.54) is 6.21 Å². The Labute approximate surface area is 119 Å². The monoisotopic (exact) mass is 283 g/mol. The topological polar surface area (TPSA) is 87.0 Å². The van der Waals surface area contributed by atoms with E-state index in [1.807, 2.05) is 20.8 Å². The fourth-order valence-electron chi connectivity index (χ4n) is 2.47. The summed E-state index contributed by atoms with van der Waals surface area (Å²) in [6.07, 6.45) is 0.328. The van der Waals surface area contributed by atoms with Gasteiger partial charge in [-0.2, -0.15) is 9.28 Å². The van der Waals surface area contributed by atoms with Crippen LogP contribution in [0, 0.1) is 5.41 Å². The second-order valence-corrected chi connectivity index (χ2v) is 7.01. The van der Waals surface area contributed by atoms with E-state index in [9.17, 15) is 19.8 Å². The number of carbonyl (C=O) groups is 2. The van der Waals surface area contributed by atoms with Crippen LogP contribution in [0.5, 0.6) is 0 Å². The van der Waals surface area contributed by atoms with Crippen LogP contribution in [0.15, 0.2) is 16.4 Å². The zero-order chi connectivity index (χ0) is 15.9. The maximum atomic E-state index is 11.9. The highest BCUT2D eigenvalue weighted by atomic mass is 16.4. The van der Waals surface area contributed by atoms with Crippen molar-refractivity contribution in [3.8, 4) is 0 Å². The lowest BCUT2D eigenvalue weighted by molar-refractivity contribution is -0.856. The predicted molar refractivity (Wildman–Crippen MR) is 75.5 cm³/mol.